The van der Waals surface area contributed by atoms with E-state index in [0.717, 1.165) is 5.39 Å². The zero-order valence-electron chi connectivity index (χ0n) is 10.1. The van der Waals surface area contributed by atoms with Crippen molar-refractivity contribution >= 4 is 22.8 Å². The van der Waals surface area contributed by atoms with Crippen LogP contribution >= 0.6 is 0 Å². The number of nitrogens with zero attached hydrogens (tertiary/aromatic N) is 1. The average Bonchev–Trinajstić information content (AvgIpc) is 2.39. The first-order valence-corrected chi connectivity index (χ1v) is 5.91. The monoisotopic (exact) mass is 278 g/mol. The van der Waals surface area contributed by atoms with Gasteiger partial charge in [-0.15, -0.1) is 0 Å². The van der Waals surface area contributed by atoms with Gasteiger partial charge in [-0.05, 0) is 18.2 Å². The predicted molar refractivity (Wildman–Crippen MR) is 68.1 cm³/mol. The highest BCUT2D eigenvalue weighted by Crippen LogP contribution is 2.24. The number of benzene rings is 1. The number of rotatable bonds is 1. The minimum Gasteiger partial charge on any atom is -0.292 e. The third-order valence-corrected chi connectivity index (χ3v) is 3.07. The van der Waals surface area contributed by atoms with Crippen molar-refractivity contribution in [2.45, 2.75) is 12.3 Å². The molecule has 1 unspecified atom stereocenters. The number of alkyl halides is 3. The van der Waals surface area contributed by atoms with E-state index < -0.39 is 18.1 Å². The average molecular weight is 278 g/mol. The number of halogens is 3. The minimum absolute atomic E-state index is 0.202. The van der Waals surface area contributed by atoms with Crippen molar-refractivity contribution in [1.82, 2.24) is 10.3 Å². The van der Waals surface area contributed by atoms with E-state index in [0.29, 0.717) is 11.2 Å². The van der Waals surface area contributed by atoms with E-state index in [4.69, 9.17) is 0 Å². The van der Waals surface area contributed by atoms with Gasteiger partial charge in [0.25, 0.3) is 0 Å². The zero-order valence-corrected chi connectivity index (χ0v) is 10.1. The summed E-state index contributed by atoms with van der Waals surface area (Å²) in [6.45, 7) is 0. The maximum atomic E-state index is 12.3. The van der Waals surface area contributed by atoms with E-state index in [9.17, 15) is 18.0 Å². The predicted octanol–water partition coefficient (Wildman–Crippen LogP) is 2.92. The molecule has 102 valence electrons. The molecule has 20 heavy (non-hydrogen) atoms. The third kappa shape index (κ3) is 2.30. The van der Waals surface area contributed by atoms with Crippen LogP contribution in [0.4, 0.5) is 13.2 Å². The van der Waals surface area contributed by atoms with Gasteiger partial charge in [0.15, 0.2) is 5.78 Å². The standard InChI is InChI=1S/C14H9F3N2O/c15-14(16,17)19-12-6-5-11-9(13(12)20)7-8-3-1-2-4-10(8)18-11/h1-7,12,19H. The van der Waals surface area contributed by atoms with Crippen LogP contribution in [0.15, 0.2) is 36.4 Å². The van der Waals surface area contributed by atoms with Gasteiger partial charge in [-0.25, -0.2) is 10.3 Å². The summed E-state index contributed by atoms with van der Waals surface area (Å²) in [7, 11) is 0. The molecular weight excluding hydrogens is 269 g/mol. The normalized spacial score (nSPS) is 18.4. The highest BCUT2D eigenvalue weighted by molar-refractivity contribution is 6.08. The second-order valence-electron chi connectivity index (χ2n) is 4.46. The summed E-state index contributed by atoms with van der Waals surface area (Å²) in [4.78, 5) is 16.4. The van der Waals surface area contributed by atoms with Crippen LogP contribution in [0.2, 0.25) is 0 Å². The van der Waals surface area contributed by atoms with Gasteiger partial charge in [-0.3, -0.25) is 4.79 Å². The van der Waals surface area contributed by atoms with Gasteiger partial charge in [-0.1, -0.05) is 24.3 Å². The Labute approximate surface area is 112 Å². The number of fused-ring (bicyclic) bond motifs is 2. The fourth-order valence-electron chi connectivity index (χ4n) is 2.19. The Balaban J connectivity index is 2.05. The van der Waals surface area contributed by atoms with E-state index in [1.54, 1.807) is 24.3 Å². The molecule has 0 saturated heterocycles. The quantitative estimate of drug-likeness (QED) is 0.815. The minimum atomic E-state index is -4.60. The van der Waals surface area contributed by atoms with E-state index >= 15 is 0 Å². The molecule has 3 nitrogen and oxygen atoms in total. The maximum Gasteiger partial charge on any atom is 0.458 e. The van der Waals surface area contributed by atoms with Crippen LogP contribution in [0.3, 0.4) is 0 Å². The molecule has 0 saturated carbocycles. The van der Waals surface area contributed by atoms with Crippen molar-refractivity contribution in [2.24, 2.45) is 0 Å². The van der Waals surface area contributed by atoms with E-state index in [-0.39, 0.29) is 5.56 Å². The zero-order chi connectivity index (χ0) is 14.3. The number of nitrogens with one attached hydrogen (secondary N) is 1. The van der Waals surface area contributed by atoms with Gasteiger partial charge in [0.2, 0.25) is 0 Å². The second kappa shape index (κ2) is 4.42. The molecule has 1 aliphatic carbocycles. The molecule has 3 rings (SSSR count). The van der Waals surface area contributed by atoms with Crippen molar-refractivity contribution in [3.05, 3.63) is 47.7 Å². The van der Waals surface area contributed by atoms with Crippen LogP contribution < -0.4 is 5.32 Å². The molecule has 0 bridgehead atoms. The lowest BCUT2D eigenvalue weighted by atomic mass is 9.95. The molecule has 1 heterocycles. The van der Waals surface area contributed by atoms with Crippen molar-refractivity contribution in [2.75, 3.05) is 0 Å². The summed E-state index contributed by atoms with van der Waals surface area (Å²) in [6.07, 6.45) is -1.99. The molecule has 0 fully saturated rings. The number of ketones is 1. The first-order chi connectivity index (χ1) is 9.44. The number of Topliss-reactive ketones (excluding diaryl/α,β-unsaturated/α-hetero) is 1. The Hall–Kier alpha value is -2.21. The number of hydrogen-bond donors (Lipinski definition) is 1. The lowest BCUT2D eigenvalue weighted by molar-refractivity contribution is -0.158. The molecule has 1 aromatic heterocycles. The number of para-hydroxylation sites is 1. The SMILES string of the molecule is O=C1c2cc3ccccc3nc2C=CC1NC(F)(F)F. The van der Waals surface area contributed by atoms with Crippen molar-refractivity contribution < 1.29 is 18.0 Å². The summed E-state index contributed by atoms with van der Waals surface area (Å²) in [5.41, 5.74) is 1.30. The molecule has 0 radical (unpaired) electrons. The molecule has 2 aromatic rings. The Morgan fingerprint density at radius 2 is 1.95 bits per heavy atom. The lowest BCUT2D eigenvalue weighted by Crippen LogP contribution is -2.45. The highest BCUT2D eigenvalue weighted by atomic mass is 19.4. The molecule has 6 heteroatoms. The second-order valence-corrected chi connectivity index (χ2v) is 4.46. The lowest BCUT2D eigenvalue weighted by Gasteiger charge is -2.20. The fraction of sp³-hybridized carbons (Fsp3) is 0.143. The highest BCUT2D eigenvalue weighted by Gasteiger charge is 2.35. The number of aromatic nitrogens is 1. The molecule has 0 amide bonds. The van der Waals surface area contributed by atoms with Gasteiger partial charge in [0.05, 0.1) is 17.3 Å². The molecule has 1 aliphatic rings. The molecular formula is C14H9F3N2O. The smallest absolute Gasteiger partial charge is 0.292 e. The first-order valence-electron chi connectivity index (χ1n) is 5.91. The van der Waals surface area contributed by atoms with Crippen LogP contribution in [0.5, 0.6) is 0 Å². The summed E-state index contributed by atoms with van der Waals surface area (Å²) in [5.74, 6) is -0.627. The Kier molecular flexibility index (Phi) is 2.83. The molecule has 0 aliphatic heterocycles. The van der Waals surface area contributed by atoms with Crippen LogP contribution in [-0.4, -0.2) is 23.1 Å². The molecule has 1 aromatic carbocycles. The van der Waals surface area contributed by atoms with E-state index in [1.165, 1.54) is 17.5 Å². The number of carbonyl (C=O) groups is 1. The summed E-state index contributed by atoms with van der Waals surface area (Å²) in [5, 5.41) is 2.06. The van der Waals surface area contributed by atoms with Crippen LogP contribution in [0.1, 0.15) is 16.1 Å². The molecule has 0 spiro atoms. The van der Waals surface area contributed by atoms with E-state index in [1.807, 2.05) is 6.07 Å². The molecule has 1 N–H and O–H groups in total. The van der Waals surface area contributed by atoms with Gasteiger partial charge in [-0.2, -0.15) is 13.2 Å². The third-order valence-electron chi connectivity index (χ3n) is 3.07. The summed E-state index contributed by atoms with van der Waals surface area (Å²) in [6, 6.07) is 7.32. The molecule has 1 atom stereocenters. The van der Waals surface area contributed by atoms with Gasteiger partial charge >= 0.3 is 6.30 Å². The van der Waals surface area contributed by atoms with Crippen molar-refractivity contribution in [3.63, 3.8) is 0 Å². The number of pyridine rings is 1. The number of carbonyl (C=O) groups excluding carboxylic acids is 1. The van der Waals surface area contributed by atoms with Crippen LogP contribution in [0.25, 0.3) is 17.0 Å². The van der Waals surface area contributed by atoms with E-state index in [2.05, 4.69) is 4.98 Å². The fourth-order valence-corrected chi connectivity index (χ4v) is 2.19. The Morgan fingerprint density at radius 3 is 2.70 bits per heavy atom. The Bertz CT molecular complexity index is 722. The van der Waals surface area contributed by atoms with Crippen molar-refractivity contribution in [1.29, 1.82) is 0 Å². The summed E-state index contributed by atoms with van der Waals surface area (Å²) >= 11 is 0. The van der Waals surface area contributed by atoms with Crippen LogP contribution in [-0.2, 0) is 0 Å². The van der Waals surface area contributed by atoms with Gasteiger partial charge in [0, 0.05) is 10.9 Å². The van der Waals surface area contributed by atoms with Crippen LogP contribution in [0, 0.1) is 0 Å². The topological polar surface area (TPSA) is 42.0 Å². The van der Waals surface area contributed by atoms with Gasteiger partial charge in [0.1, 0.15) is 0 Å². The Morgan fingerprint density at radius 1 is 1.20 bits per heavy atom. The van der Waals surface area contributed by atoms with Crippen molar-refractivity contribution in [3.8, 4) is 0 Å². The number of hydrogen-bond acceptors (Lipinski definition) is 3. The maximum absolute atomic E-state index is 12.3. The first kappa shape index (κ1) is 12.8. The van der Waals surface area contributed by atoms with Gasteiger partial charge < -0.3 is 0 Å². The summed E-state index contributed by atoms with van der Waals surface area (Å²) < 4.78 is 37.0. The largest absolute Gasteiger partial charge is 0.458 e.